The fraction of sp³-hybridized carbons (Fsp3) is 0.308. The first-order chi connectivity index (χ1) is 8.74. The molecule has 0 saturated carbocycles. The van der Waals surface area contributed by atoms with Crippen molar-refractivity contribution in [1.29, 1.82) is 0 Å². The molecular formula is C13H13NO3S. The van der Waals surface area contributed by atoms with Crippen molar-refractivity contribution in [3.8, 4) is 0 Å². The van der Waals surface area contributed by atoms with Gasteiger partial charge < -0.3 is 9.52 Å². The van der Waals surface area contributed by atoms with Crippen LogP contribution in [0.1, 0.15) is 5.76 Å². The molecule has 1 aromatic carbocycles. The molecule has 4 nitrogen and oxygen atoms in total. The van der Waals surface area contributed by atoms with E-state index in [9.17, 15) is 4.79 Å². The van der Waals surface area contributed by atoms with Gasteiger partial charge in [0.05, 0.1) is 6.54 Å². The summed E-state index contributed by atoms with van der Waals surface area (Å²) in [5, 5.41) is 10.2. The standard InChI is InChI=1S/C13H13NO3S/c15-13(16)11-7-18-8-14(11)6-10-5-9-3-1-2-4-12(9)17-10/h1-5,11H,6-8H2,(H,15,16)/t11-/m0/s1. The fourth-order valence-electron chi connectivity index (χ4n) is 2.18. The molecule has 2 aromatic rings. The number of furan rings is 1. The van der Waals surface area contributed by atoms with Gasteiger partial charge in [-0.25, -0.2) is 0 Å². The zero-order valence-corrected chi connectivity index (χ0v) is 10.5. The maximum Gasteiger partial charge on any atom is 0.321 e. The zero-order chi connectivity index (χ0) is 12.5. The van der Waals surface area contributed by atoms with Crippen LogP contribution in [-0.4, -0.2) is 33.6 Å². The van der Waals surface area contributed by atoms with Crippen molar-refractivity contribution in [2.24, 2.45) is 0 Å². The second kappa shape index (κ2) is 4.66. The molecule has 0 amide bonds. The Labute approximate surface area is 109 Å². The topological polar surface area (TPSA) is 53.7 Å². The second-order valence-corrected chi connectivity index (χ2v) is 5.35. The van der Waals surface area contributed by atoms with E-state index in [1.165, 1.54) is 0 Å². The number of benzene rings is 1. The van der Waals surface area contributed by atoms with Gasteiger partial charge in [-0.1, -0.05) is 18.2 Å². The Morgan fingerprint density at radius 1 is 1.50 bits per heavy atom. The number of rotatable bonds is 3. The van der Waals surface area contributed by atoms with Gasteiger partial charge in [0.15, 0.2) is 0 Å². The van der Waals surface area contributed by atoms with Gasteiger partial charge in [0.2, 0.25) is 0 Å². The molecule has 1 atom stereocenters. The fourth-order valence-corrected chi connectivity index (χ4v) is 3.36. The minimum Gasteiger partial charge on any atom is -0.480 e. The summed E-state index contributed by atoms with van der Waals surface area (Å²) in [7, 11) is 0. The summed E-state index contributed by atoms with van der Waals surface area (Å²) in [4.78, 5) is 13.0. The van der Waals surface area contributed by atoms with E-state index in [1.807, 2.05) is 35.2 Å². The van der Waals surface area contributed by atoms with Crippen LogP contribution in [-0.2, 0) is 11.3 Å². The molecule has 1 aliphatic heterocycles. The number of fused-ring (bicyclic) bond motifs is 1. The van der Waals surface area contributed by atoms with Gasteiger partial charge in [0.25, 0.3) is 0 Å². The average Bonchev–Trinajstić information content (AvgIpc) is 2.94. The summed E-state index contributed by atoms with van der Waals surface area (Å²) < 4.78 is 5.71. The van der Waals surface area contributed by atoms with Crippen LogP contribution in [0.3, 0.4) is 0 Å². The summed E-state index contributed by atoms with van der Waals surface area (Å²) in [6, 6.07) is 9.40. The average molecular weight is 263 g/mol. The maximum absolute atomic E-state index is 11.1. The number of hydrogen-bond donors (Lipinski definition) is 1. The molecule has 3 rings (SSSR count). The Balaban J connectivity index is 1.81. The molecule has 5 heteroatoms. The Morgan fingerprint density at radius 2 is 2.33 bits per heavy atom. The third-order valence-electron chi connectivity index (χ3n) is 3.09. The van der Waals surface area contributed by atoms with E-state index >= 15 is 0 Å². The van der Waals surface area contributed by atoms with E-state index in [-0.39, 0.29) is 0 Å². The number of nitrogens with zero attached hydrogens (tertiary/aromatic N) is 1. The van der Waals surface area contributed by atoms with Crippen LogP contribution in [0.2, 0.25) is 0 Å². The lowest BCUT2D eigenvalue weighted by Gasteiger charge is -2.18. The van der Waals surface area contributed by atoms with Crippen molar-refractivity contribution in [1.82, 2.24) is 4.90 Å². The lowest BCUT2D eigenvalue weighted by Crippen LogP contribution is -2.36. The Morgan fingerprint density at radius 3 is 3.11 bits per heavy atom. The highest BCUT2D eigenvalue weighted by Gasteiger charge is 2.31. The van der Waals surface area contributed by atoms with E-state index in [2.05, 4.69) is 0 Å². The first-order valence-electron chi connectivity index (χ1n) is 5.76. The maximum atomic E-state index is 11.1. The van der Waals surface area contributed by atoms with Crippen molar-refractivity contribution < 1.29 is 14.3 Å². The predicted octanol–water partition coefficient (Wildman–Crippen LogP) is 2.39. The van der Waals surface area contributed by atoms with Crippen molar-refractivity contribution in [2.45, 2.75) is 12.6 Å². The molecule has 1 fully saturated rings. The van der Waals surface area contributed by atoms with Crippen molar-refractivity contribution in [3.05, 3.63) is 36.1 Å². The molecule has 1 aromatic heterocycles. The van der Waals surface area contributed by atoms with Crippen molar-refractivity contribution in [2.75, 3.05) is 11.6 Å². The molecule has 18 heavy (non-hydrogen) atoms. The predicted molar refractivity (Wildman–Crippen MR) is 70.5 cm³/mol. The normalized spacial score (nSPS) is 20.6. The van der Waals surface area contributed by atoms with Crippen molar-refractivity contribution >= 4 is 28.7 Å². The number of carbonyl (C=O) groups is 1. The lowest BCUT2D eigenvalue weighted by atomic mass is 10.2. The Kier molecular flexibility index (Phi) is 3.01. The largest absolute Gasteiger partial charge is 0.480 e. The SMILES string of the molecule is O=C(O)[C@@H]1CSCN1Cc1cc2ccccc2o1. The summed E-state index contributed by atoms with van der Waals surface area (Å²) in [5.74, 6) is 1.46. The first kappa shape index (κ1) is 11.6. The molecular weight excluding hydrogens is 250 g/mol. The van der Waals surface area contributed by atoms with Crippen molar-refractivity contribution in [3.63, 3.8) is 0 Å². The van der Waals surface area contributed by atoms with Gasteiger partial charge >= 0.3 is 5.97 Å². The number of carboxylic acid groups (broad SMARTS) is 1. The number of para-hydroxylation sites is 1. The van der Waals surface area contributed by atoms with Crippen LogP contribution in [0.5, 0.6) is 0 Å². The first-order valence-corrected chi connectivity index (χ1v) is 6.91. The summed E-state index contributed by atoms with van der Waals surface area (Å²) in [6.45, 7) is 0.554. The minimum absolute atomic E-state index is 0.400. The van der Waals surface area contributed by atoms with Crippen LogP contribution < -0.4 is 0 Å². The molecule has 94 valence electrons. The van der Waals surface area contributed by atoms with E-state index < -0.39 is 12.0 Å². The molecule has 1 aliphatic rings. The summed E-state index contributed by atoms with van der Waals surface area (Å²) in [5.41, 5.74) is 0.853. The number of hydrogen-bond acceptors (Lipinski definition) is 4. The van der Waals surface area contributed by atoms with E-state index in [1.54, 1.807) is 11.8 Å². The third-order valence-corrected chi connectivity index (χ3v) is 4.16. The molecule has 1 N–H and O–H groups in total. The quantitative estimate of drug-likeness (QED) is 0.921. The summed E-state index contributed by atoms with van der Waals surface area (Å²) in [6.07, 6.45) is 0. The number of aliphatic carboxylic acids is 1. The highest BCUT2D eigenvalue weighted by molar-refractivity contribution is 7.99. The summed E-state index contributed by atoms with van der Waals surface area (Å²) >= 11 is 1.65. The van der Waals surface area contributed by atoms with Gasteiger partial charge in [0, 0.05) is 17.0 Å². The third kappa shape index (κ3) is 2.11. The molecule has 1 saturated heterocycles. The van der Waals surface area contributed by atoms with Gasteiger partial charge in [0.1, 0.15) is 17.4 Å². The molecule has 2 heterocycles. The second-order valence-electron chi connectivity index (χ2n) is 4.35. The molecule has 0 spiro atoms. The highest BCUT2D eigenvalue weighted by atomic mass is 32.2. The van der Waals surface area contributed by atoms with Crippen LogP contribution in [0.25, 0.3) is 11.0 Å². The molecule has 0 radical (unpaired) electrons. The Bertz CT molecular complexity index is 547. The van der Waals surface area contributed by atoms with Gasteiger partial charge in [-0.15, -0.1) is 11.8 Å². The van der Waals surface area contributed by atoms with Crippen LogP contribution in [0, 0.1) is 0 Å². The smallest absolute Gasteiger partial charge is 0.321 e. The molecule has 0 aliphatic carbocycles. The van der Waals surface area contributed by atoms with E-state index in [0.717, 1.165) is 22.6 Å². The highest BCUT2D eigenvalue weighted by Crippen LogP contribution is 2.26. The molecule has 0 bridgehead atoms. The van der Waals surface area contributed by atoms with Gasteiger partial charge in [-0.2, -0.15) is 0 Å². The lowest BCUT2D eigenvalue weighted by molar-refractivity contribution is -0.141. The van der Waals surface area contributed by atoms with Crippen LogP contribution in [0.15, 0.2) is 34.7 Å². The minimum atomic E-state index is -0.754. The Hall–Kier alpha value is -1.46. The molecule has 0 unspecified atom stereocenters. The van der Waals surface area contributed by atoms with Gasteiger partial charge in [-0.05, 0) is 12.1 Å². The zero-order valence-electron chi connectivity index (χ0n) is 9.70. The van der Waals surface area contributed by atoms with E-state index in [4.69, 9.17) is 9.52 Å². The number of carboxylic acids is 1. The monoisotopic (exact) mass is 263 g/mol. The van der Waals surface area contributed by atoms with Crippen LogP contribution >= 0.6 is 11.8 Å². The van der Waals surface area contributed by atoms with Crippen LogP contribution in [0.4, 0.5) is 0 Å². The number of thioether (sulfide) groups is 1. The van der Waals surface area contributed by atoms with Gasteiger partial charge in [-0.3, -0.25) is 9.69 Å². The van der Waals surface area contributed by atoms with E-state index in [0.29, 0.717) is 12.3 Å².